The van der Waals surface area contributed by atoms with E-state index in [4.69, 9.17) is 4.74 Å². The van der Waals surface area contributed by atoms with Crippen molar-refractivity contribution < 1.29 is 9.53 Å². The maximum Gasteiger partial charge on any atom is 0.310 e. The van der Waals surface area contributed by atoms with E-state index in [1.54, 1.807) is 12.3 Å². The zero-order valence-electron chi connectivity index (χ0n) is 14.1. The highest BCUT2D eigenvalue weighted by molar-refractivity contribution is 5.73. The van der Waals surface area contributed by atoms with Crippen LogP contribution in [0.4, 0.5) is 0 Å². The summed E-state index contributed by atoms with van der Waals surface area (Å²) in [5.41, 5.74) is 1.97. The summed E-state index contributed by atoms with van der Waals surface area (Å²) in [6.07, 6.45) is 1.66. The molecule has 7 nitrogen and oxygen atoms in total. The van der Waals surface area contributed by atoms with Crippen molar-refractivity contribution in [3.8, 4) is 0 Å². The van der Waals surface area contributed by atoms with Crippen LogP contribution < -0.4 is 10.9 Å². The monoisotopic (exact) mass is 340 g/mol. The normalized spacial score (nSPS) is 13.5. The molecular formula is C18H20N4O3. The van der Waals surface area contributed by atoms with Crippen LogP contribution in [-0.2, 0) is 16.1 Å². The molecule has 1 aromatic carbocycles. The zero-order valence-corrected chi connectivity index (χ0v) is 14.1. The first kappa shape index (κ1) is 16.9. The van der Waals surface area contributed by atoms with E-state index in [1.807, 2.05) is 37.3 Å². The second kappa shape index (κ2) is 7.31. The lowest BCUT2D eigenvalue weighted by atomic mass is 9.94. The number of nitrogens with zero attached hydrogens (tertiary/aromatic N) is 2. The topological polar surface area (TPSA) is 88.5 Å². The highest BCUT2D eigenvalue weighted by Gasteiger charge is 2.26. The first-order valence-electron chi connectivity index (χ1n) is 8.02. The largest absolute Gasteiger partial charge is 0.469 e. The predicted molar refractivity (Wildman–Crippen MR) is 93.0 cm³/mol. The average Bonchev–Trinajstić information content (AvgIpc) is 3.11. The Kier molecular flexibility index (Phi) is 4.95. The molecule has 0 radical (unpaired) electrons. The summed E-state index contributed by atoms with van der Waals surface area (Å²) in [7, 11) is 1.38. The van der Waals surface area contributed by atoms with Crippen molar-refractivity contribution in [1.82, 2.24) is 19.9 Å². The van der Waals surface area contributed by atoms with Crippen LogP contribution >= 0.6 is 0 Å². The van der Waals surface area contributed by atoms with E-state index in [2.05, 4.69) is 15.4 Å². The van der Waals surface area contributed by atoms with Crippen LogP contribution in [0.25, 0.3) is 5.65 Å². The number of ether oxygens (including phenoxy) is 1. The molecule has 0 fully saturated rings. The van der Waals surface area contributed by atoms with Crippen molar-refractivity contribution in [2.24, 2.45) is 5.92 Å². The molecule has 7 heteroatoms. The van der Waals surface area contributed by atoms with Gasteiger partial charge in [-0.05, 0) is 5.56 Å². The minimum atomic E-state index is -0.385. The van der Waals surface area contributed by atoms with E-state index in [-0.39, 0.29) is 23.5 Å². The number of esters is 1. The highest BCUT2D eigenvalue weighted by Crippen LogP contribution is 2.23. The molecule has 0 aliphatic heterocycles. The SMILES string of the molecule is COC(=O)[C@@H](C)[C@@H](NCc1cc(=O)n2[nH]ccc2n1)c1ccccc1. The Morgan fingerprint density at radius 1 is 1.32 bits per heavy atom. The molecule has 2 aromatic heterocycles. The third-order valence-electron chi connectivity index (χ3n) is 4.17. The summed E-state index contributed by atoms with van der Waals surface area (Å²) in [6, 6.07) is 12.6. The van der Waals surface area contributed by atoms with Crippen LogP contribution in [0.5, 0.6) is 0 Å². The summed E-state index contributed by atoms with van der Waals surface area (Å²) in [5.74, 6) is -0.681. The van der Waals surface area contributed by atoms with Crippen LogP contribution in [0.3, 0.4) is 0 Å². The number of H-pyrrole nitrogens is 1. The quantitative estimate of drug-likeness (QED) is 0.666. The summed E-state index contributed by atoms with van der Waals surface area (Å²) >= 11 is 0. The molecule has 2 N–H and O–H groups in total. The highest BCUT2D eigenvalue weighted by atomic mass is 16.5. The van der Waals surface area contributed by atoms with Gasteiger partial charge in [-0.1, -0.05) is 37.3 Å². The summed E-state index contributed by atoms with van der Waals surface area (Å²) in [5, 5.41) is 6.14. The minimum absolute atomic E-state index is 0.177. The maximum atomic E-state index is 12.1. The Bertz CT molecular complexity index is 917. The predicted octanol–water partition coefficient (Wildman–Crippen LogP) is 1.66. The number of benzene rings is 1. The number of hydrogen-bond acceptors (Lipinski definition) is 5. The molecule has 0 unspecified atom stereocenters. The number of nitrogens with one attached hydrogen (secondary N) is 2. The molecule has 0 saturated heterocycles. The fraction of sp³-hybridized carbons (Fsp3) is 0.278. The Morgan fingerprint density at radius 2 is 2.08 bits per heavy atom. The fourth-order valence-corrected chi connectivity index (χ4v) is 2.85. The molecule has 0 aliphatic carbocycles. The van der Waals surface area contributed by atoms with Crippen molar-refractivity contribution in [1.29, 1.82) is 0 Å². The molecule has 0 amide bonds. The summed E-state index contributed by atoms with van der Waals surface area (Å²) in [6.45, 7) is 2.17. The number of carbonyl (C=O) groups is 1. The van der Waals surface area contributed by atoms with Gasteiger partial charge in [0.05, 0.1) is 18.7 Å². The standard InChI is InChI=1S/C18H20N4O3/c1-12(18(24)25-2)17(13-6-4-3-5-7-13)19-11-14-10-16(23)22-15(21-14)8-9-20-22/h3-10,12,17,19-20H,11H2,1-2H3/t12-,17+/m0/s1. The first-order valence-corrected chi connectivity index (χ1v) is 8.02. The van der Waals surface area contributed by atoms with E-state index >= 15 is 0 Å². The molecule has 0 aliphatic rings. The van der Waals surface area contributed by atoms with Crippen molar-refractivity contribution >= 4 is 11.6 Å². The Morgan fingerprint density at radius 3 is 2.80 bits per heavy atom. The van der Waals surface area contributed by atoms with Gasteiger partial charge in [0.1, 0.15) is 0 Å². The second-order valence-corrected chi connectivity index (χ2v) is 5.82. The van der Waals surface area contributed by atoms with Crippen LogP contribution in [0, 0.1) is 5.92 Å². The number of methoxy groups -OCH3 is 1. The molecule has 0 spiro atoms. The van der Waals surface area contributed by atoms with Gasteiger partial charge in [-0.25, -0.2) is 9.50 Å². The zero-order chi connectivity index (χ0) is 17.8. The smallest absolute Gasteiger partial charge is 0.310 e. The molecule has 3 rings (SSSR count). The van der Waals surface area contributed by atoms with Crippen molar-refractivity contribution in [2.45, 2.75) is 19.5 Å². The van der Waals surface area contributed by atoms with Crippen LogP contribution in [0.1, 0.15) is 24.2 Å². The molecule has 3 aromatic rings. The molecule has 25 heavy (non-hydrogen) atoms. The van der Waals surface area contributed by atoms with Gasteiger partial charge in [0, 0.05) is 30.9 Å². The maximum absolute atomic E-state index is 12.1. The lowest BCUT2D eigenvalue weighted by molar-refractivity contribution is -0.146. The lowest BCUT2D eigenvalue weighted by Gasteiger charge is -2.24. The molecular weight excluding hydrogens is 320 g/mol. The number of fused-ring (bicyclic) bond motifs is 1. The van der Waals surface area contributed by atoms with Crippen molar-refractivity contribution in [3.05, 3.63) is 70.3 Å². The van der Waals surface area contributed by atoms with E-state index in [9.17, 15) is 9.59 Å². The lowest BCUT2D eigenvalue weighted by Crippen LogP contribution is -2.32. The van der Waals surface area contributed by atoms with Gasteiger partial charge in [-0.3, -0.25) is 14.7 Å². The van der Waals surface area contributed by atoms with Gasteiger partial charge in [-0.15, -0.1) is 0 Å². The van der Waals surface area contributed by atoms with Gasteiger partial charge in [0.2, 0.25) is 0 Å². The molecule has 2 heterocycles. The van der Waals surface area contributed by atoms with E-state index in [0.717, 1.165) is 5.56 Å². The fourth-order valence-electron chi connectivity index (χ4n) is 2.85. The van der Waals surface area contributed by atoms with E-state index < -0.39 is 0 Å². The molecule has 0 bridgehead atoms. The van der Waals surface area contributed by atoms with Crippen LogP contribution in [0.15, 0.2) is 53.5 Å². The first-order chi connectivity index (χ1) is 12.1. The molecule has 130 valence electrons. The van der Waals surface area contributed by atoms with Crippen molar-refractivity contribution in [2.75, 3.05) is 7.11 Å². The van der Waals surface area contributed by atoms with Gasteiger partial charge >= 0.3 is 5.97 Å². The summed E-state index contributed by atoms with van der Waals surface area (Å²) < 4.78 is 6.25. The van der Waals surface area contributed by atoms with Crippen molar-refractivity contribution in [3.63, 3.8) is 0 Å². The third-order valence-corrected chi connectivity index (χ3v) is 4.17. The molecule has 0 saturated carbocycles. The number of rotatable bonds is 6. The van der Waals surface area contributed by atoms with E-state index in [0.29, 0.717) is 17.9 Å². The minimum Gasteiger partial charge on any atom is -0.469 e. The second-order valence-electron chi connectivity index (χ2n) is 5.82. The summed E-state index contributed by atoms with van der Waals surface area (Å²) in [4.78, 5) is 28.5. The third kappa shape index (κ3) is 3.61. The molecule has 2 atom stereocenters. The number of aromatic nitrogens is 3. The van der Waals surface area contributed by atoms with Gasteiger partial charge < -0.3 is 10.1 Å². The van der Waals surface area contributed by atoms with Gasteiger partial charge in [-0.2, -0.15) is 0 Å². The van der Waals surface area contributed by atoms with Gasteiger partial charge in [0.15, 0.2) is 5.65 Å². The Labute approximate surface area is 144 Å². The average molecular weight is 340 g/mol. The number of carbonyl (C=O) groups excluding carboxylic acids is 1. The van der Waals surface area contributed by atoms with Gasteiger partial charge in [0.25, 0.3) is 5.56 Å². The van der Waals surface area contributed by atoms with Crippen LogP contribution in [0.2, 0.25) is 0 Å². The number of hydrogen-bond donors (Lipinski definition) is 2. The Hall–Kier alpha value is -2.93. The van der Waals surface area contributed by atoms with E-state index in [1.165, 1.54) is 17.7 Å². The van der Waals surface area contributed by atoms with Crippen LogP contribution in [-0.4, -0.2) is 27.7 Å². The number of aromatic amines is 1. The Balaban J connectivity index is 1.84.